The fourth-order valence-electron chi connectivity index (χ4n) is 3.17. The zero-order valence-corrected chi connectivity index (χ0v) is 15.1. The maximum Gasteiger partial charge on any atom is 0.416 e. The van der Waals surface area contributed by atoms with E-state index in [0.29, 0.717) is 11.3 Å². The van der Waals surface area contributed by atoms with Crippen LogP contribution in [-0.2, 0) is 18.0 Å². The van der Waals surface area contributed by atoms with Crippen molar-refractivity contribution in [3.8, 4) is 5.69 Å². The Balaban J connectivity index is 1.77. The van der Waals surface area contributed by atoms with E-state index in [0.717, 1.165) is 23.4 Å². The zero-order chi connectivity index (χ0) is 19.9. The molecule has 2 aromatic heterocycles. The van der Waals surface area contributed by atoms with Gasteiger partial charge in [0.25, 0.3) is 0 Å². The number of halogens is 3. The predicted octanol–water partition coefficient (Wildman–Crippen LogP) is 3.91. The summed E-state index contributed by atoms with van der Waals surface area (Å²) >= 11 is 0. The van der Waals surface area contributed by atoms with Gasteiger partial charge < -0.3 is 4.74 Å². The molecule has 0 spiro atoms. The van der Waals surface area contributed by atoms with Crippen LogP contribution < -0.4 is 0 Å². The van der Waals surface area contributed by atoms with Crippen LogP contribution in [-0.4, -0.2) is 31.4 Å². The van der Waals surface area contributed by atoms with E-state index in [1.165, 1.54) is 18.7 Å². The average molecular weight is 387 g/mol. The number of hydrogen-bond acceptors (Lipinski definition) is 4. The second kappa shape index (κ2) is 6.75. The molecule has 0 radical (unpaired) electrons. The number of ether oxygens (including phenoxy) is 1. The third-order valence-electron chi connectivity index (χ3n) is 4.54. The first-order valence-electron chi connectivity index (χ1n) is 8.40. The lowest BCUT2D eigenvalue weighted by atomic mass is 10.1. The lowest BCUT2D eigenvalue weighted by Crippen LogP contribution is -2.11. The monoisotopic (exact) mass is 387 g/mol. The van der Waals surface area contributed by atoms with E-state index in [2.05, 4.69) is 15.1 Å². The number of imidazole rings is 1. The van der Waals surface area contributed by atoms with Crippen molar-refractivity contribution in [3.05, 3.63) is 72.1 Å². The highest BCUT2D eigenvalue weighted by Crippen LogP contribution is 2.32. The van der Waals surface area contributed by atoms with Gasteiger partial charge in [-0.1, -0.05) is 12.1 Å². The van der Waals surface area contributed by atoms with Crippen molar-refractivity contribution in [3.63, 3.8) is 0 Å². The van der Waals surface area contributed by atoms with Gasteiger partial charge in [0.15, 0.2) is 5.82 Å². The van der Waals surface area contributed by atoms with Gasteiger partial charge in [0.05, 0.1) is 16.6 Å². The van der Waals surface area contributed by atoms with Gasteiger partial charge in [-0.15, -0.1) is 0 Å². The predicted molar refractivity (Wildman–Crippen MR) is 95.9 cm³/mol. The highest BCUT2D eigenvalue weighted by Gasteiger charge is 2.31. The molecule has 0 aliphatic carbocycles. The Morgan fingerprint density at radius 2 is 1.89 bits per heavy atom. The molecular formula is C19H16F3N5O. The number of hydrogen-bond donors (Lipinski definition) is 0. The quantitative estimate of drug-likeness (QED) is 0.533. The van der Waals surface area contributed by atoms with E-state index in [1.54, 1.807) is 23.4 Å². The number of benzene rings is 2. The number of nitrogens with zero attached hydrogens (tertiary/aromatic N) is 5. The highest BCUT2D eigenvalue weighted by atomic mass is 19.4. The molecule has 0 bridgehead atoms. The smallest absolute Gasteiger partial charge is 0.369 e. The Hall–Kier alpha value is -3.20. The van der Waals surface area contributed by atoms with Gasteiger partial charge in [0.1, 0.15) is 18.8 Å². The first-order valence-corrected chi connectivity index (χ1v) is 8.40. The van der Waals surface area contributed by atoms with Gasteiger partial charge >= 0.3 is 6.18 Å². The lowest BCUT2D eigenvalue weighted by Gasteiger charge is -2.16. The van der Waals surface area contributed by atoms with Crippen LogP contribution in [0, 0.1) is 0 Å². The van der Waals surface area contributed by atoms with Gasteiger partial charge in [0, 0.05) is 19.8 Å². The number of alkyl halides is 3. The molecule has 0 saturated heterocycles. The number of fused-ring (bicyclic) bond motifs is 1. The maximum absolute atomic E-state index is 12.9. The molecule has 4 rings (SSSR count). The fourth-order valence-corrected chi connectivity index (χ4v) is 3.17. The van der Waals surface area contributed by atoms with E-state index < -0.39 is 17.8 Å². The summed E-state index contributed by atoms with van der Waals surface area (Å²) in [6, 6.07) is 11.0. The van der Waals surface area contributed by atoms with Crippen molar-refractivity contribution < 1.29 is 17.9 Å². The largest absolute Gasteiger partial charge is 0.416 e. The van der Waals surface area contributed by atoms with Crippen molar-refractivity contribution in [2.75, 3.05) is 7.11 Å². The van der Waals surface area contributed by atoms with Crippen LogP contribution in [0.2, 0.25) is 0 Å². The molecule has 0 fully saturated rings. The molecule has 1 atom stereocenters. The van der Waals surface area contributed by atoms with Gasteiger partial charge in [0.2, 0.25) is 0 Å². The second-order valence-electron chi connectivity index (χ2n) is 6.27. The summed E-state index contributed by atoms with van der Waals surface area (Å²) in [4.78, 5) is 8.37. The molecule has 4 aromatic rings. The standard InChI is InChI=1S/C19H16F3N5O/c1-26-18(23-10-25-26)17(28-2)12-4-3-5-14(8-12)27-11-24-15-9-13(19(20,21)22)6-7-16(15)27/h3-11,17H,1-2H3. The summed E-state index contributed by atoms with van der Waals surface area (Å²) < 4.78 is 47.8. The van der Waals surface area contributed by atoms with Crippen molar-refractivity contribution in [1.82, 2.24) is 24.3 Å². The van der Waals surface area contributed by atoms with Crippen molar-refractivity contribution in [1.29, 1.82) is 0 Å². The summed E-state index contributed by atoms with van der Waals surface area (Å²) in [6.07, 6.45) is -1.88. The minimum absolute atomic E-state index is 0.275. The van der Waals surface area contributed by atoms with E-state index in [9.17, 15) is 13.2 Å². The summed E-state index contributed by atoms with van der Waals surface area (Å²) in [5.74, 6) is 0.643. The van der Waals surface area contributed by atoms with E-state index in [-0.39, 0.29) is 5.52 Å². The van der Waals surface area contributed by atoms with Crippen molar-refractivity contribution >= 4 is 11.0 Å². The molecule has 2 heterocycles. The Labute approximate surface area is 158 Å². The minimum atomic E-state index is -4.40. The van der Waals surface area contributed by atoms with Crippen LogP contribution in [0.15, 0.2) is 55.1 Å². The summed E-state index contributed by atoms with van der Waals surface area (Å²) in [6.45, 7) is 0. The normalized spacial score (nSPS) is 13.2. The van der Waals surface area contributed by atoms with Crippen LogP contribution in [0.1, 0.15) is 23.1 Å². The van der Waals surface area contributed by atoms with E-state index in [1.807, 2.05) is 24.3 Å². The van der Waals surface area contributed by atoms with Gasteiger partial charge in [-0.05, 0) is 35.9 Å². The lowest BCUT2D eigenvalue weighted by molar-refractivity contribution is -0.137. The van der Waals surface area contributed by atoms with Crippen molar-refractivity contribution in [2.24, 2.45) is 7.05 Å². The Bertz CT molecular complexity index is 1130. The second-order valence-corrected chi connectivity index (χ2v) is 6.27. The molecular weight excluding hydrogens is 371 g/mol. The molecule has 0 N–H and O–H groups in total. The van der Waals surface area contributed by atoms with Crippen LogP contribution >= 0.6 is 0 Å². The number of aromatic nitrogens is 5. The minimum Gasteiger partial charge on any atom is -0.369 e. The Morgan fingerprint density at radius 3 is 2.57 bits per heavy atom. The maximum atomic E-state index is 12.9. The molecule has 9 heteroatoms. The molecule has 0 saturated carbocycles. The summed E-state index contributed by atoms with van der Waals surface area (Å²) in [5, 5.41) is 4.07. The third kappa shape index (κ3) is 3.13. The van der Waals surface area contributed by atoms with Gasteiger partial charge in [-0.2, -0.15) is 18.3 Å². The van der Waals surface area contributed by atoms with Gasteiger partial charge in [-0.3, -0.25) is 9.25 Å². The SMILES string of the molecule is COC(c1cccc(-n2cnc3cc(C(F)(F)F)ccc32)c1)c1ncnn1C. The van der Waals surface area contributed by atoms with Gasteiger partial charge in [-0.25, -0.2) is 9.97 Å². The first kappa shape index (κ1) is 18.2. The fraction of sp³-hybridized carbons (Fsp3) is 0.211. The molecule has 6 nitrogen and oxygen atoms in total. The molecule has 0 amide bonds. The Kier molecular flexibility index (Phi) is 4.38. The summed E-state index contributed by atoms with van der Waals surface area (Å²) in [5.41, 5.74) is 1.73. The third-order valence-corrected chi connectivity index (χ3v) is 4.54. The van der Waals surface area contributed by atoms with Crippen LogP contribution in [0.4, 0.5) is 13.2 Å². The zero-order valence-electron chi connectivity index (χ0n) is 15.1. The molecule has 144 valence electrons. The highest BCUT2D eigenvalue weighted by molar-refractivity contribution is 5.78. The van der Waals surface area contributed by atoms with Crippen molar-refractivity contribution in [2.45, 2.75) is 12.3 Å². The van der Waals surface area contributed by atoms with E-state index in [4.69, 9.17) is 4.74 Å². The van der Waals surface area contributed by atoms with Crippen LogP contribution in [0.25, 0.3) is 16.7 Å². The number of aryl methyl sites for hydroxylation is 1. The topological polar surface area (TPSA) is 57.8 Å². The first-order chi connectivity index (χ1) is 13.4. The molecule has 2 aromatic carbocycles. The number of rotatable bonds is 4. The van der Waals surface area contributed by atoms with Crippen LogP contribution in [0.3, 0.4) is 0 Å². The molecule has 0 aliphatic heterocycles. The number of methoxy groups -OCH3 is 1. The van der Waals surface area contributed by atoms with E-state index >= 15 is 0 Å². The molecule has 0 aliphatic rings. The van der Waals surface area contributed by atoms with Crippen LogP contribution in [0.5, 0.6) is 0 Å². The molecule has 28 heavy (non-hydrogen) atoms. The Morgan fingerprint density at radius 1 is 1.07 bits per heavy atom. The summed E-state index contributed by atoms with van der Waals surface area (Å²) in [7, 11) is 3.36. The molecule has 1 unspecified atom stereocenters. The average Bonchev–Trinajstić information content (AvgIpc) is 3.28.